The highest BCUT2D eigenvalue weighted by atomic mass is 16.8. The summed E-state index contributed by atoms with van der Waals surface area (Å²) < 4.78 is 64.3. The van der Waals surface area contributed by atoms with Crippen molar-refractivity contribution in [1.29, 1.82) is 0 Å². The van der Waals surface area contributed by atoms with Crippen molar-refractivity contribution < 1.29 is 144 Å². The van der Waals surface area contributed by atoms with Gasteiger partial charge in [0.2, 0.25) is 5.91 Å². The molecular formula is C38H65NO29. The van der Waals surface area contributed by atoms with Crippen LogP contribution in [0.3, 0.4) is 0 Å². The van der Waals surface area contributed by atoms with E-state index in [1.807, 2.05) is 0 Å². The molecule has 6 aliphatic heterocycles. The standard InChI is InChI=1S/C38H65NO29/c1-8-16(45)19(48)24(53)35(58-8)66-29-13(6-42)62-34(15(39-10(3)44)31(29)67-37-26(55)21(50)18(47)11(4-40)61-37)65-30-14(7-43)63-38(64-28-12(5-41)60-33(57)23(52)22(28)51)27(56)32(30)68-36-25(54)20(49)17(46)9(2)59-36/h8-9,11-38,40-43,45-57H,4-7H2,1-3H3,(H,39,44)/t8-,9-,11+,12+,13+,14+,15+,16+,17+,18-,19+,20+,21-,22+,23+,24-,25-,26+,27+,28+,29+,30-,31+,32+,33?,34-,35-,36-,37+,38-/m0/s1. The third-order valence-electron chi connectivity index (χ3n) is 12.8. The lowest BCUT2D eigenvalue weighted by Gasteiger charge is -2.52. The number of amides is 1. The van der Waals surface area contributed by atoms with Crippen LogP contribution in [0, 0.1) is 0 Å². The lowest BCUT2D eigenvalue weighted by atomic mass is 9.93. The molecule has 0 saturated carbocycles. The molecule has 0 aliphatic carbocycles. The second kappa shape index (κ2) is 23.5. The second-order valence-corrected chi connectivity index (χ2v) is 17.5. The highest BCUT2D eigenvalue weighted by molar-refractivity contribution is 5.73. The Hall–Kier alpha value is -1.65. The Labute approximate surface area is 386 Å². The monoisotopic (exact) mass is 999 g/mol. The quantitative estimate of drug-likeness (QED) is 0.0724. The van der Waals surface area contributed by atoms with E-state index in [2.05, 4.69) is 5.32 Å². The second-order valence-electron chi connectivity index (χ2n) is 17.5. The first kappa shape index (κ1) is 55.7. The van der Waals surface area contributed by atoms with E-state index in [0.717, 1.165) is 6.92 Å². The van der Waals surface area contributed by atoms with Gasteiger partial charge in [0, 0.05) is 6.92 Å². The maximum atomic E-state index is 13.0. The zero-order valence-corrected chi connectivity index (χ0v) is 36.7. The minimum Gasteiger partial charge on any atom is -0.394 e. The van der Waals surface area contributed by atoms with Crippen molar-refractivity contribution >= 4 is 5.91 Å². The molecule has 18 N–H and O–H groups in total. The van der Waals surface area contributed by atoms with Crippen LogP contribution in [0.4, 0.5) is 0 Å². The molecule has 30 heteroatoms. The molecule has 30 nitrogen and oxygen atoms in total. The molecule has 396 valence electrons. The summed E-state index contributed by atoms with van der Waals surface area (Å²) in [5.41, 5.74) is 0. The number of carbonyl (C=O) groups excluding carboxylic acids is 1. The molecule has 1 unspecified atom stereocenters. The van der Waals surface area contributed by atoms with Crippen LogP contribution >= 0.6 is 0 Å². The summed E-state index contributed by atoms with van der Waals surface area (Å²) in [5, 5.41) is 183. The van der Waals surface area contributed by atoms with E-state index in [4.69, 9.17) is 52.1 Å². The lowest BCUT2D eigenvalue weighted by Crippen LogP contribution is -2.71. The Morgan fingerprint density at radius 2 is 0.750 bits per heavy atom. The molecule has 0 radical (unpaired) electrons. The van der Waals surface area contributed by atoms with E-state index in [-0.39, 0.29) is 0 Å². The van der Waals surface area contributed by atoms with E-state index < -0.39 is 217 Å². The van der Waals surface area contributed by atoms with Crippen molar-refractivity contribution in [3.8, 4) is 0 Å². The van der Waals surface area contributed by atoms with Gasteiger partial charge in [-0.25, -0.2) is 0 Å². The Balaban J connectivity index is 1.40. The molecule has 0 aromatic heterocycles. The normalized spacial score (nSPS) is 52.6. The van der Waals surface area contributed by atoms with Gasteiger partial charge in [-0.3, -0.25) is 4.79 Å². The van der Waals surface area contributed by atoms with Gasteiger partial charge >= 0.3 is 0 Å². The maximum Gasteiger partial charge on any atom is 0.217 e. The number of aliphatic hydroxyl groups excluding tert-OH is 17. The Bertz CT molecular complexity index is 1590. The van der Waals surface area contributed by atoms with Crippen molar-refractivity contribution in [2.24, 2.45) is 0 Å². The van der Waals surface area contributed by atoms with Crippen LogP contribution in [-0.2, 0) is 56.9 Å². The molecule has 0 spiro atoms. The van der Waals surface area contributed by atoms with Gasteiger partial charge in [0.1, 0.15) is 134 Å². The van der Waals surface area contributed by atoms with E-state index in [9.17, 15) is 91.6 Å². The molecule has 6 heterocycles. The fourth-order valence-corrected chi connectivity index (χ4v) is 8.80. The first-order valence-electron chi connectivity index (χ1n) is 21.8. The van der Waals surface area contributed by atoms with Crippen molar-refractivity contribution in [3.63, 3.8) is 0 Å². The zero-order chi connectivity index (χ0) is 50.2. The molecule has 0 aromatic rings. The predicted octanol–water partition coefficient (Wildman–Crippen LogP) is -11.9. The summed E-state index contributed by atoms with van der Waals surface area (Å²) in [4.78, 5) is 13.0. The number of nitrogens with one attached hydrogen (secondary N) is 1. The topological polar surface area (TPSA) is 475 Å². The number of carbonyl (C=O) groups is 1. The fraction of sp³-hybridized carbons (Fsp3) is 0.974. The van der Waals surface area contributed by atoms with Crippen LogP contribution < -0.4 is 5.32 Å². The minimum absolute atomic E-state index is 0.879. The predicted molar refractivity (Wildman–Crippen MR) is 208 cm³/mol. The van der Waals surface area contributed by atoms with Crippen molar-refractivity contribution in [2.75, 3.05) is 26.4 Å². The Morgan fingerprint density at radius 3 is 1.25 bits per heavy atom. The van der Waals surface area contributed by atoms with E-state index >= 15 is 0 Å². The fourth-order valence-electron chi connectivity index (χ4n) is 8.80. The molecule has 6 aliphatic rings. The third-order valence-corrected chi connectivity index (χ3v) is 12.8. The van der Waals surface area contributed by atoms with E-state index in [1.54, 1.807) is 0 Å². The molecular weight excluding hydrogens is 934 g/mol. The Morgan fingerprint density at radius 1 is 0.382 bits per heavy atom. The highest BCUT2D eigenvalue weighted by Crippen LogP contribution is 2.38. The molecule has 0 aromatic carbocycles. The van der Waals surface area contributed by atoms with Crippen LogP contribution in [0.15, 0.2) is 0 Å². The highest BCUT2D eigenvalue weighted by Gasteiger charge is 2.59. The van der Waals surface area contributed by atoms with Gasteiger partial charge in [0.15, 0.2) is 37.7 Å². The Kier molecular flexibility index (Phi) is 19.2. The average molecular weight is 1000 g/mol. The average Bonchev–Trinajstić information content (AvgIpc) is 3.31. The van der Waals surface area contributed by atoms with Crippen molar-refractivity contribution in [3.05, 3.63) is 0 Å². The number of rotatable bonds is 15. The maximum absolute atomic E-state index is 13.0. The number of ether oxygens (including phenoxy) is 11. The van der Waals surface area contributed by atoms with Gasteiger partial charge in [-0.1, -0.05) is 0 Å². The van der Waals surface area contributed by atoms with Crippen molar-refractivity contribution in [2.45, 2.75) is 205 Å². The molecule has 0 bridgehead atoms. The summed E-state index contributed by atoms with van der Waals surface area (Å²) in [7, 11) is 0. The SMILES string of the molecule is CC(=O)N[C@H]1[C@H](O[C@@H]2[C@H](O[C@@H]3O[C@@H](C)[C@@H](O)[C@@H](O)[C@@H]3O)[C@@H](O)[C@H](O[C@H]3[C@H](O)[C@@H](O)C(O)O[C@@H]3CO)O[C@@H]2CO)O[C@H](CO)[C@@H](O[C@@H]2O[C@@H](C)[C@@H](O)[C@@H](O)[C@@H]2O)[C@@H]1O[C@H]1O[C@H](CO)[C@H](O)[C@H](O)[C@H]1O. The number of aliphatic hydroxyl groups is 17. The number of hydrogen-bond acceptors (Lipinski definition) is 29. The summed E-state index contributed by atoms with van der Waals surface area (Å²) in [6.45, 7) is -0.382. The summed E-state index contributed by atoms with van der Waals surface area (Å²) >= 11 is 0. The smallest absolute Gasteiger partial charge is 0.217 e. The van der Waals surface area contributed by atoms with E-state index in [1.165, 1.54) is 13.8 Å². The van der Waals surface area contributed by atoms with Gasteiger partial charge < -0.3 is 144 Å². The summed E-state index contributed by atoms with van der Waals surface area (Å²) in [6.07, 6.45) is -53.9. The number of hydrogen-bond donors (Lipinski definition) is 18. The summed E-state index contributed by atoms with van der Waals surface area (Å²) in [6, 6.07) is -1.83. The summed E-state index contributed by atoms with van der Waals surface area (Å²) in [5.74, 6) is -0.879. The van der Waals surface area contributed by atoms with Crippen LogP contribution in [0.5, 0.6) is 0 Å². The molecule has 6 saturated heterocycles. The molecule has 1 amide bonds. The van der Waals surface area contributed by atoms with Gasteiger partial charge in [-0.15, -0.1) is 0 Å². The van der Waals surface area contributed by atoms with Crippen LogP contribution in [0.25, 0.3) is 0 Å². The van der Waals surface area contributed by atoms with Gasteiger partial charge in [-0.05, 0) is 13.8 Å². The zero-order valence-electron chi connectivity index (χ0n) is 36.7. The van der Waals surface area contributed by atoms with Gasteiger partial charge in [0.25, 0.3) is 0 Å². The molecule has 6 rings (SSSR count). The first-order valence-corrected chi connectivity index (χ1v) is 21.8. The van der Waals surface area contributed by atoms with Crippen LogP contribution in [0.2, 0.25) is 0 Å². The van der Waals surface area contributed by atoms with Crippen LogP contribution in [-0.4, -0.2) is 303 Å². The molecule has 68 heavy (non-hydrogen) atoms. The minimum atomic E-state index is -2.23. The lowest BCUT2D eigenvalue weighted by molar-refractivity contribution is -0.402. The molecule has 6 fully saturated rings. The van der Waals surface area contributed by atoms with Gasteiger partial charge in [-0.2, -0.15) is 0 Å². The first-order chi connectivity index (χ1) is 32.1. The molecule has 30 atom stereocenters. The van der Waals surface area contributed by atoms with Gasteiger partial charge in [0.05, 0.1) is 38.6 Å². The van der Waals surface area contributed by atoms with Crippen molar-refractivity contribution in [1.82, 2.24) is 5.32 Å². The van der Waals surface area contributed by atoms with E-state index in [0.29, 0.717) is 0 Å². The van der Waals surface area contributed by atoms with Crippen LogP contribution in [0.1, 0.15) is 20.8 Å². The third kappa shape index (κ3) is 11.4. The largest absolute Gasteiger partial charge is 0.394 e.